The lowest BCUT2D eigenvalue weighted by Crippen LogP contribution is -2.05. The van der Waals surface area contributed by atoms with Gasteiger partial charge < -0.3 is 10.2 Å². The number of pyridine rings is 1. The van der Waals surface area contributed by atoms with E-state index in [-0.39, 0.29) is 5.95 Å². The lowest BCUT2D eigenvalue weighted by molar-refractivity contribution is 0.541. The fourth-order valence-corrected chi connectivity index (χ4v) is 2.82. The Balaban J connectivity index is 1.80. The lowest BCUT2D eigenvalue weighted by Gasteiger charge is -2.04. The molecule has 8 heteroatoms. The Hall–Kier alpha value is -2.93. The van der Waals surface area contributed by atoms with Crippen LogP contribution >= 0.6 is 11.6 Å². The van der Waals surface area contributed by atoms with Gasteiger partial charge in [0.1, 0.15) is 5.76 Å². The summed E-state index contributed by atoms with van der Waals surface area (Å²) >= 11 is 5.86. The average Bonchev–Trinajstić information content (AvgIpc) is 3.21. The Kier molecular flexibility index (Phi) is 3.85. The van der Waals surface area contributed by atoms with Crippen LogP contribution in [0.3, 0.4) is 0 Å². The highest BCUT2D eigenvalue weighted by molar-refractivity contribution is 6.16. The van der Waals surface area contributed by atoms with Gasteiger partial charge in [0.2, 0.25) is 11.8 Å². The summed E-state index contributed by atoms with van der Waals surface area (Å²) in [7, 11) is 0. The van der Waals surface area contributed by atoms with Crippen molar-refractivity contribution >= 4 is 23.2 Å². The van der Waals surface area contributed by atoms with E-state index in [1.807, 2.05) is 37.3 Å². The normalized spacial score (nSPS) is 11.3. The minimum Gasteiger partial charge on any atom is -0.458 e. The molecule has 0 aliphatic carbocycles. The fraction of sp³-hybridized carbons (Fsp3) is 0.176. The Morgan fingerprint density at radius 2 is 1.96 bits per heavy atom. The van der Waals surface area contributed by atoms with E-state index in [1.165, 1.54) is 0 Å². The second-order valence-electron chi connectivity index (χ2n) is 5.65. The summed E-state index contributed by atoms with van der Waals surface area (Å²) in [5.41, 5.74) is 9.15. The number of furan rings is 1. The third-order valence-corrected chi connectivity index (χ3v) is 4.07. The van der Waals surface area contributed by atoms with E-state index in [2.05, 4.69) is 20.1 Å². The summed E-state index contributed by atoms with van der Waals surface area (Å²) in [5, 5.41) is 4.41. The minimum absolute atomic E-state index is 0.167. The first-order chi connectivity index (χ1) is 12.1. The van der Waals surface area contributed by atoms with E-state index < -0.39 is 0 Å². The number of fused-ring (bicyclic) bond motifs is 1. The SMILES string of the molecule is Cc1ccc(-c2nc(N)nc3c(Cc4cccc(CCl)n4)cnn23)o1. The molecule has 2 N–H and O–H groups in total. The fourth-order valence-electron chi connectivity index (χ4n) is 2.68. The van der Waals surface area contributed by atoms with E-state index in [4.69, 9.17) is 21.8 Å². The van der Waals surface area contributed by atoms with Crippen LogP contribution < -0.4 is 5.73 Å². The maximum atomic E-state index is 5.90. The maximum absolute atomic E-state index is 5.90. The van der Waals surface area contributed by atoms with Crippen molar-refractivity contribution in [1.82, 2.24) is 24.6 Å². The van der Waals surface area contributed by atoms with E-state index in [0.29, 0.717) is 29.5 Å². The number of alkyl halides is 1. The Morgan fingerprint density at radius 3 is 2.72 bits per heavy atom. The summed E-state index contributed by atoms with van der Waals surface area (Å²) < 4.78 is 7.29. The van der Waals surface area contributed by atoms with Crippen molar-refractivity contribution in [2.75, 3.05) is 5.73 Å². The van der Waals surface area contributed by atoms with Crippen LogP contribution in [0.25, 0.3) is 17.2 Å². The maximum Gasteiger partial charge on any atom is 0.224 e. The number of hydrogen-bond acceptors (Lipinski definition) is 6. The summed E-state index contributed by atoms with van der Waals surface area (Å²) in [6.45, 7) is 1.87. The molecule has 0 aliphatic rings. The zero-order valence-corrected chi connectivity index (χ0v) is 14.2. The third kappa shape index (κ3) is 2.94. The van der Waals surface area contributed by atoms with Gasteiger partial charge in [-0.2, -0.15) is 19.6 Å². The first-order valence-electron chi connectivity index (χ1n) is 7.72. The number of anilines is 1. The molecule has 0 fully saturated rings. The Bertz CT molecular complexity index is 1050. The summed E-state index contributed by atoms with van der Waals surface area (Å²) in [6, 6.07) is 9.48. The van der Waals surface area contributed by atoms with Gasteiger partial charge in [0, 0.05) is 17.7 Å². The number of nitrogen functional groups attached to an aromatic ring is 1. The second kappa shape index (κ2) is 6.18. The van der Waals surface area contributed by atoms with Crippen LogP contribution in [0, 0.1) is 6.92 Å². The van der Waals surface area contributed by atoms with Crippen LogP contribution in [0.5, 0.6) is 0 Å². The number of nitrogens with zero attached hydrogens (tertiary/aromatic N) is 5. The van der Waals surface area contributed by atoms with Gasteiger partial charge in [0.25, 0.3) is 0 Å². The molecule has 0 saturated heterocycles. The largest absolute Gasteiger partial charge is 0.458 e. The molecule has 0 bridgehead atoms. The van der Waals surface area contributed by atoms with Gasteiger partial charge in [-0.25, -0.2) is 0 Å². The van der Waals surface area contributed by atoms with E-state index in [1.54, 1.807) is 10.7 Å². The molecule has 4 aromatic rings. The molecule has 4 rings (SSSR count). The van der Waals surface area contributed by atoms with E-state index >= 15 is 0 Å². The highest BCUT2D eigenvalue weighted by atomic mass is 35.5. The number of aryl methyl sites for hydroxylation is 1. The molecule has 126 valence electrons. The first-order valence-corrected chi connectivity index (χ1v) is 8.25. The molecule has 0 spiro atoms. The van der Waals surface area contributed by atoms with Gasteiger partial charge in [-0.15, -0.1) is 11.6 Å². The number of halogens is 1. The standard InChI is InChI=1S/C17H15ClN6O/c1-10-5-6-14(25-10)16-23-17(19)22-15-11(9-20-24(15)16)7-12-3-2-4-13(8-18)21-12/h2-6,9H,7-8H2,1H3,(H2,19,22). The predicted molar refractivity (Wildman–Crippen MR) is 94.2 cm³/mol. The van der Waals surface area contributed by atoms with Crippen LogP contribution in [-0.2, 0) is 12.3 Å². The first kappa shape index (κ1) is 15.6. The van der Waals surface area contributed by atoms with Gasteiger partial charge in [0.15, 0.2) is 11.4 Å². The van der Waals surface area contributed by atoms with Gasteiger partial charge in [-0.1, -0.05) is 6.07 Å². The van der Waals surface area contributed by atoms with Gasteiger partial charge in [0.05, 0.1) is 17.8 Å². The molecule has 0 aliphatic heterocycles. The zero-order chi connectivity index (χ0) is 17.4. The highest BCUT2D eigenvalue weighted by Crippen LogP contribution is 2.23. The van der Waals surface area contributed by atoms with Gasteiger partial charge >= 0.3 is 0 Å². The summed E-state index contributed by atoms with van der Waals surface area (Å²) in [4.78, 5) is 13.1. The molecule has 0 atom stereocenters. The number of hydrogen-bond donors (Lipinski definition) is 1. The van der Waals surface area contributed by atoms with Crippen molar-refractivity contribution in [3.8, 4) is 11.6 Å². The van der Waals surface area contributed by atoms with Crippen LogP contribution in [0.1, 0.15) is 22.7 Å². The third-order valence-electron chi connectivity index (χ3n) is 3.79. The van der Waals surface area contributed by atoms with Crippen LogP contribution in [0.2, 0.25) is 0 Å². The lowest BCUT2D eigenvalue weighted by atomic mass is 10.1. The summed E-state index contributed by atoms with van der Waals surface area (Å²) in [6.07, 6.45) is 2.32. The predicted octanol–water partition coefficient (Wildman–Crippen LogP) is 3.00. The molecule has 0 radical (unpaired) electrons. The van der Waals surface area contributed by atoms with Crippen molar-refractivity contribution < 1.29 is 4.42 Å². The topological polar surface area (TPSA) is 95.1 Å². The van der Waals surface area contributed by atoms with Crippen LogP contribution in [-0.4, -0.2) is 24.6 Å². The zero-order valence-electron chi connectivity index (χ0n) is 13.5. The van der Waals surface area contributed by atoms with Crippen LogP contribution in [0.15, 0.2) is 40.9 Å². The van der Waals surface area contributed by atoms with Crippen molar-refractivity contribution in [1.29, 1.82) is 0 Å². The average molecular weight is 355 g/mol. The molecule has 0 amide bonds. The number of nitrogens with two attached hydrogens (primary N) is 1. The van der Waals surface area contributed by atoms with E-state index in [9.17, 15) is 0 Å². The minimum atomic E-state index is 0.167. The quantitative estimate of drug-likeness (QED) is 0.566. The molecule has 4 aromatic heterocycles. The second-order valence-corrected chi connectivity index (χ2v) is 5.92. The van der Waals surface area contributed by atoms with Crippen molar-refractivity contribution in [3.05, 3.63) is 59.2 Å². The van der Waals surface area contributed by atoms with Crippen molar-refractivity contribution in [2.45, 2.75) is 19.2 Å². The van der Waals surface area contributed by atoms with E-state index in [0.717, 1.165) is 22.7 Å². The van der Waals surface area contributed by atoms with Crippen molar-refractivity contribution in [3.63, 3.8) is 0 Å². The Morgan fingerprint density at radius 1 is 1.12 bits per heavy atom. The molecule has 0 saturated carbocycles. The van der Waals surface area contributed by atoms with Crippen LogP contribution in [0.4, 0.5) is 5.95 Å². The molecule has 0 aromatic carbocycles. The number of aromatic nitrogens is 5. The van der Waals surface area contributed by atoms with Crippen molar-refractivity contribution in [2.24, 2.45) is 0 Å². The monoisotopic (exact) mass is 354 g/mol. The molecular formula is C17H15ClN6O. The number of rotatable bonds is 4. The van der Waals surface area contributed by atoms with Gasteiger partial charge in [-0.05, 0) is 31.2 Å². The smallest absolute Gasteiger partial charge is 0.224 e. The highest BCUT2D eigenvalue weighted by Gasteiger charge is 2.16. The molecule has 7 nitrogen and oxygen atoms in total. The Labute approximate surface area is 148 Å². The molecule has 4 heterocycles. The molecule has 25 heavy (non-hydrogen) atoms. The summed E-state index contributed by atoms with van der Waals surface area (Å²) in [5.74, 6) is 2.44. The molecular weight excluding hydrogens is 340 g/mol. The van der Waals surface area contributed by atoms with Gasteiger partial charge in [-0.3, -0.25) is 4.98 Å². The molecule has 0 unspecified atom stereocenters.